The molecule has 0 aromatic rings. The smallest absolute Gasteiger partial charge is 0.0220 e. The zero-order valence-corrected chi connectivity index (χ0v) is 11.6. The topological polar surface area (TPSA) is 32.5 Å². The predicted octanol–water partition coefficient (Wildman–Crippen LogP) is 1.53. The molecule has 2 rings (SSSR count). The fraction of sp³-hybridized carbons (Fsp3) is 1.00. The van der Waals surface area contributed by atoms with E-state index >= 15 is 0 Å². The third-order valence-corrected chi connectivity index (χ3v) is 4.59. The minimum Gasteiger partial charge on any atom is -0.328 e. The molecule has 0 spiro atoms. The van der Waals surface area contributed by atoms with Crippen molar-refractivity contribution in [3.8, 4) is 0 Å². The first kappa shape index (κ1) is 13.3. The summed E-state index contributed by atoms with van der Waals surface area (Å²) in [5, 5.41) is 0. The second-order valence-electron chi connectivity index (χ2n) is 6.29. The monoisotopic (exact) mass is 239 g/mol. The SMILES string of the molecule is CN(CC1CCCC(N)C1)CC1CCCN1C. The van der Waals surface area contributed by atoms with Crippen LogP contribution >= 0.6 is 0 Å². The lowest BCUT2D eigenvalue weighted by molar-refractivity contribution is 0.177. The van der Waals surface area contributed by atoms with Crippen molar-refractivity contribution in [2.75, 3.05) is 33.7 Å². The van der Waals surface area contributed by atoms with Crippen molar-refractivity contribution in [2.24, 2.45) is 11.7 Å². The molecule has 2 fully saturated rings. The Bertz CT molecular complexity index is 232. The molecule has 0 radical (unpaired) electrons. The molecule has 17 heavy (non-hydrogen) atoms. The Hall–Kier alpha value is -0.120. The van der Waals surface area contributed by atoms with Crippen LogP contribution in [0.15, 0.2) is 0 Å². The third-order valence-electron chi connectivity index (χ3n) is 4.59. The molecule has 3 nitrogen and oxygen atoms in total. The van der Waals surface area contributed by atoms with Gasteiger partial charge in [0.05, 0.1) is 0 Å². The average molecular weight is 239 g/mol. The van der Waals surface area contributed by atoms with Gasteiger partial charge in [-0.05, 0) is 58.7 Å². The van der Waals surface area contributed by atoms with Gasteiger partial charge in [-0.2, -0.15) is 0 Å². The van der Waals surface area contributed by atoms with E-state index in [1.807, 2.05) is 0 Å². The molecule has 100 valence electrons. The van der Waals surface area contributed by atoms with Gasteiger partial charge in [-0.15, -0.1) is 0 Å². The van der Waals surface area contributed by atoms with Gasteiger partial charge in [-0.25, -0.2) is 0 Å². The standard InChI is InChI=1S/C14H29N3/c1-16(11-14-7-4-8-17(14)2)10-12-5-3-6-13(15)9-12/h12-14H,3-11,15H2,1-2H3. The zero-order valence-electron chi connectivity index (χ0n) is 11.6. The second-order valence-corrected chi connectivity index (χ2v) is 6.29. The molecule has 2 N–H and O–H groups in total. The van der Waals surface area contributed by atoms with E-state index in [1.165, 1.54) is 58.2 Å². The minimum absolute atomic E-state index is 0.469. The van der Waals surface area contributed by atoms with Gasteiger partial charge < -0.3 is 15.5 Å². The molecule has 0 aromatic heterocycles. The summed E-state index contributed by atoms with van der Waals surface area (Å²) in [6.45, 7) is 3.77. The quantitative estimate of drug-likeness (QED) is 0.807. The Morgan fingerprint density at radius 2 is 2.00 bits per heavy atom. The van der Waals surface area contributed by atoms with Crippen LogP contribution in [0.3, 0.4) is 0 Å². The van der Waals surface area contributed by atoms with Gasteiger partial charge in [-0.1, -0.05) is 6.42 Å². The van der Waals surface area contributed by atoms with Crippen molar-refractivity contribution in [1.29, 1.82) is 0 Å². The average Bonchev–Trinajstić information content (AvgIpc) is 2.64. The van der Waals surface area contributed by atoms with E-state index in [-0.39, 0.29) is 0 Å². The fourth-order valence-electron chi connectivity index (χ4n) is 3.58. The van der Waals surface area contributed by atoms with Crippen molar-refractivity contribution in [1.82, 2.24) is 9.80 Å². The van der Waals surface area contributed by atoms with Gasteiger partial charge in [0.15, 0.2) is 0 Å². The molecule has 1 aliphatic carbocycles. The summed E-state index contributed by atoms with van der Waals surface area (Å²) in [7, 11) is 4.55. The van der Waals surface area contributed by atoms with Crippen molar-refractivity contribution in [3.05, 3.63) is 0 Å². The first-order valence-electron chi connectivity index (χ1n) is 7.29. The van der Waals surface area contributed by atoms with Gasteiger partial charge in [0.25, 0.3) is 0 Å². The number of nitrogens with zero attached hydrogens (tertiary/aromatic N) is 2. The maximum Gasteiger partial charge on any atom is 0.0220 e. The van der Waals surface area contributed by atoms with Crippen LogP contribution in [0, 0.1) is 5.92 Å². The Balaban J connectivity index is 1.71. The summed E-state index contributed by atoms with van der Waals surface area (Å²) in [4.78, 5) is 5.05. The number of rotatable bonds is 4. The summed E-state index contributed by atoms with van der Waals surface area (Å²) in [5.74, 6) is 0.843. The van der Waals surface area contributed by atoms with E-state index in [9.17, 15) is 0 Å². The number of nitrogens with two attached hydrogens (primary N) is 1. The summed E-state index contributed by atoms with van der Waals surface area (Å²) >= 11 is 0. The van der Waals surface area contributed by atoms with Crippen LogP contribution in [0.1, 0.15) is 38.5 Å². The number of likely N-dealkylation sites (tertiary alicyclic amines) is 1. The molecule has 0 bridgehead atoms. The molecule has 3 heteroatoms. The first-order valence-corrected chi connectivity index (χ1v) is 7.29. The third kappa shape index (κ3) is 3.94. The normalized spacial score (nSPS) is 35.6. The van der Waals surface area contributed by atoms with Crippen LogP contribution in [0.4, 0.5) is 0 Å². The molecular formula is C14H29N3. The van der Waals surface area contributed by atoms with Gasteiger partial charge in [0.1, 0.15) is 0 Å². The van der Waals surface area contributed by atoms with Crippen LogP contribution in [0.25, 0.3) is 0 Å². The van der Waals surface area contributed by atoms with Crippen LogP contribution in [-0.4, -0.2) is 55.6 Å². The number of hydrogen-bond acceptors (Lipinski definition) is 3. The maximum absolute atomic E-state index is 6.06. The van der Waals surface area contributed by atoms with E-state index in [0.29, 0.717) is 6.04 Å². The number of likely N-dealkylation sites (N-methyl/N-ethyl adjacent to an activating group) is 2. The van der Waals surface area contributed by atoms with E-state index in [1.54, 1.807) is 0 Å². The highest BCUT2D eigenvalue weighted by Gasteiger charge is 2.24. The largest absolute Gasteiger partial charge is 0.328 e. The van der Waals surface area contributed by atoms with E-state index < -0.39 is 0 Å². The highest BCUT2D eigenvalue weighted by Crippen LogP contribution is 2.24. The molecular weight excluding hydrogens is 210 g/mol. The van der Waals surface area contributed by atoms with Crippen molar-refractivity contribution in [3.63, 3.8) is 0 Å². The molecule has 3 unspecified atom stereocenters. The Kier molecular flexibility index (Phi) is 4.83. The molecule has 0 aromatic carbocycles. The van der Waals surface area contributed by atoms with Crippen molar-refractivity contribution in [2.45, 2.75) is 50.6 Å². The van der Waals surface area contributed by atoms with Gasteiger partial charge in [0.2, 0.25) is 0 Å². The Morgan fingerprint density at radius 1 is 1.18 bits per heavy atom. The van der Waals surface area contributed by atoms with E-state index in [2.05, 4.69) is 23.9 Å². The second kappa shape index (κ2) is 6.17. The van der Waals surface area contributed by atoms with Crippen LogP contribution in [0.5, 0.6) is 0 Å². The summed E-state index contributed by atoms with van der Waals surface area (Å²) in [5.41, 5.74) is 6.06. The maximum atomic E-state index is 6.06. The van der Waals surface area contributed by atoms with Crippen molar-refractivity contribution < 1.29 is 0 Å². The Labute approximate surface area is 106 Å². The van der Waals surface area contributed by atoms with Gasteiger partial charge >= 0.3 is 0 Å². The van der Waals surface area contributed by atoms with Gasteiger partial charge in [0, 0.05) is 25.2 Å². The molecule has 2 aliphatic rings. The Morgan fingerprint density at radius 3 is 2.65 bits per heavy atom. The summed E-state index contributed by atoms with van der Waals surface area (Å²) < 4.78 is 0. The zero-order chi connectivity index (χ0) is 12.3. The summed E-state index contributed by atoms with van der Waals surface area (Å²) in [6, 6.07) is 1.26. The van der Waals surface area contributed by atoms with Crippen LogP contribution in [-0.2, 0) is 0 Å². The van der Waals surface area contributed by atoms with Crippen LogP contribution < -0.4 is 5.73 Å². The predicted molar refractivity (Wildman–Crippen MR) is 73.1 cm³/mol. The summed E-state index contributed by atoms with van der Waals surface area (Å²) in [6.07, 6.45) is 7.96. The molecule has 1 aliphatic heterocycles. The molecule has 1 saturated carbocycles. The minimum atomic E-state index is 0.469. The molecule has 0 amide bonds. The lowest BCUT2D eigenvalue weighted by Gasteiger charge is -2.32. The van der Waals surface area contributed by atoms with Crippen LogP contribution in [0.2, 0.25) is 0 Å². The molecule has 3 atom stereocenters. The molecule has 1 heterocycles. The first-order chi connectivity index (χ1) is 8.15. The highest BCUT2D eigenvalue weighted by molar-refractivity contribution is 4.81. The lowest BCUT2D eigenvalue weighted by atomic mass is 9.86. The van der Waals surface area contributed by atoms with Crippen molar-refractivity contribution >= 4 is 0 Å². The fourth-order valence-corrected chi connectivity index (χ4v) is 3.58. The highest BCUT2D eigenvalue weighted by atomic mass is 15.2. The van der Waals surface area contributed by atoms with E-state index in [0.717, 1.165) is 12.0 Å². The lowest BCUT2D eigenvalue weighted by Crippen LogP contribution is -2.40. The van der Waals surface area contributed by atoms with E-state index in [4.69, 9.17) is 5.73 Å². The number of hydrogen-bond donors (Lipinski definition) is 1. The van der Waals surface area contributed by atoms with Gasteiger partial charge in [-0.3, -0.25) is 0 Å². The molecule has 1 saturated heterocycles.